The van der Waals surface area contributed by atoms with Gasteiger partial charge in [-0.25, -0.2) is 0 Å². The number of hydrogen-bond donors (Lipinski definition) is 1. The van der Waals surface area contributed by atoms with Crippen molar-refractivity contribution in [1.82, 2.24) is 5.32 Å². The van der Waals surface area contributed by atoms with Crippen molar-refractivity contribution in [1.29, 1.82) is 0 Å². The van der Waals surface area contributed by atoms with Crippen LogP contribution >= 0.6 is 15.9 Å². The summed E-state index contributed by atoms with van der Waals surface area (Å²) in [6.45, 7) is 3.88. The van der Waals surface area contributed by atoms with E-state index in [4.69, 9.17) is 0 Å². The molecule has 0 aliphatic carbocycles. The third-order valence-corrected chi connectivity index (χ3v) is 3.64. The Morgan fingerprint density at radius 1 is 1.33 bits per heavy atom. The molecule has 0 radical (unpaired) electrons. The number of unbranched alkanes of at least 4 members (excludes halogenated alkanes) is 2. The molecule has 1 amide bonds. The summed E-state index contributed by atoms with van der Waals surface area (Å²) in [5.74, 6) is -0.682. The van der Waals surface area contributed by atoms with Crippen LogP contribution in [0.15, 0.2) is 22.7 Å². The molecule has 0 saturated carbocycles. The maximum atomic E-state index is 13.0. The molecule has 0 fully saturated rings. The Bertz CT molecular complexity index is 488. The van der Waals surface area contributed by atoms with Crippen molar-refractivity contribution in [3.05, 3.63) is 33.8 Å². The molecule has 2 nitrogen and oxygen atoms in total. The molecular formula is C15H19BrF3NO. The summed E-state index contributed by atoms with van der Waals surface area (Å²) < 4.78 is 39.2. The zero-order valence-corrected chi connectivity index (χ0v) is 13.6. The predicted octanol–water partition coefficient (Wildman–Crippen LogP) is 5.17. The van der Waals surface area contributed by atoms with E-state index in [1.807, 2.05) is 0 Å². The molecule has 1 N–H and O–H groups in total. The van der Waals surface area contributed by atoms with Gasteiger partial charge in [0.25, 0.3) is 5.91 Å². The molecule has 1 aromatic rings. The highest BCUT2D eigenvalue weighted by Gasteiger charge is 2.35. The van der Waals surface area contributed by atoms with Gasteiger partial charge < -0.3 is 5.32 Å². The number of nitrogens with one attached hydrogen (secondary N) is 1. The van der Waals surface area contributed by atoms with Crippen molar-refractivity contribution in [2.45, 2.75) is 51.7 Å². The van der Waals surface area contributed by atoms with Crippen LogP contribution in [0.5, 0.6) is 0 Å². The number of hydrogen-bond acceptors (Lipinski definition) is 1. The summed E-state index contributed by atoms with van der Waals surface area (Å²) in [5, 5.41) is 2.63. The predicted molar refractivity (Wildman–Crippen MR) is 80.2 cm³/mol. The maximum Gasteiger partial charge on any atom is 0.417 e. The number of alkyl halides is 3. The summed E-state index contributed by atoms with van der Waals surface area (Å²) in [6, 6.07) is 3.41. The lowest BCUT2D eigenvalue weighted by molar-refractivity contribution is -0.138. The molecule has 1 unspecified atom stereocenters. The van der Waals surface area contributed by atoms with E-state index < -0.39 is 17.6 Å². The van der Waals surface area contributed by atoms with Crippen molar-refractivity contribution in [2.75, 3.05) is 0 Å². The molecule has 21 heavy (non-hydrogen) atoms. The number of carbonyl (C=O) groups is 1. The minimum absolute atomic E-state index is 0.145. The summed E-state index contributed by atoms with van der Waals surface area (Å²) in [6.07, 6.45) is -0.734. The lowest BCUT2D eigenvalue weighted by Crippen LogP contribution is -2.33. The van der Waals surface area contributed by atoms with Crippen LogP contribution in [-0.2, 0) is 6.18 Å². The molecule has 0 spiro atoms. The Kier molecular flexibility index (Phi) is 6.71. The number of rotatable bonds is 6. The van der Waals surface area contributed by atoms with Gasteiger partial charge in [0.1, 0.15) is 0 Å². The normalized spacial score (nSPS) is 13.0. The van der Waals surface area contributed by atoms with Crippen LogP contribution in [0.25, 0.3) is 0 Å². The first kappa shape index (κ1) is 18.0. The Hall–Kier alpha value is -1.04. The van der Waals surface area contributed by atoms with Crippen LogP contribution in [0.4, 0.5) is 13.2 Å². The average Bonchev–Trinajstić information content (AvgIpc) is 2.37. The van der Waals surface area contributed by atoms with Crippen LogP contribution in [-0.4, -0.2) is 11.9 Å². The number of carbonyl (C=O) groups excluding carboxylic acids is 1. The smallest absolute Gasteiger partial charge is 0.350 e. The fraction of sp³-hybridized carbons (Fsp3) is 0.533. The van der Waals surface area contributed by atoms with Crippen LogP contribution in [0.3, 0.4) is 0 Å². The van der Waals surface area contributed by atoms with Gasteiger partial charge in [-0.3, -0.25) is 4.79 Å². The molecule has 1 rings (SSSR count). The van der Waals surface area contributed by atoms with Crippen LogP contribution in [0.2, 0.25) is 0 Å². The highest BCUT2D eigenvalue weighted by molar-refractivity contribution is 9.10. The van der Waals surface area contributed by atoms with E-state index in [9.17, 15) is 18.0 Å². The van der Waals surface area contributed by atoms with Crippen LogP contribution in [0.1, 0.15) is 55.5 Å². The Labute approximate surface area is 131 Å². The fourth-order valence-corrected chi connectivity index (χ4v) is 2.38. The average molecular weight is 366 g/mol. The van der Waals surface area contributed by atoms with E-state index in [0.717, 1.165) is 31.7 Å². The second-order valence-electron chi connectivity index (χ2n) is 5.06. The molecule has 1 aromatic carbocycles. The van der Waals surface area contributed by atoms with E-state index in [-0.39, 0.29) is 11.6 Å². The van der Waals surface area contributed by atoms with Gasteiger partial charge in [0, 0.05) is 10.5 Å². The summed E-state index contributed by atoms with van der Waals surface area (Å²) in [5.41, 5.74) is -1.26. The molecule has 0 bridgehead atoms. The van der Waals surface area contributed by atoms with Gasteiger partial charge in [-0.15, -0.1) is 0 Å². The molecule has 118 valence electrons. The minimum atomic E-state index is -4.55. The zero-order chi connectivity index (χ0) is 16.0. The molecule has 6 heteroatoms. The molecular weight excluding hydrogens is 347 g/mol. The van der Waals surface area contributed by atoms with E-state index >= 15 is 0 Å². The van der Waals surface area contributed by atoms with Crippen LogP contribution < -0.4 is 5.32 Å². The van der Waals surface area contributed by atoms with Crippen LogP contribution in [0, 0.1) is 0 Å². The van der Waals surface area contributed by atoms with Gasteiger partial charge in [-0.05, 0) is 31.5 Å². The van der Waals surface area contributed by atoms with Crippen molar-refractivity contribution < 1.29 is 18.0 Å². The highest BCUT2D eigenvalue weighted by Crippen LogP contribution is 2.33. The molecule has 0 aliphatic rings. The Balaban J connectivity index is 2.83. The van der Waals surface area contributed by atoms with Gasteiger partial charge in [-0.1, -0.05) is 42.1 Å². The molecule has 1 atom stereocenters. The summed E-state index contributed by atoms with van der Waals surface area (Å²) >= 11 is 3.00. The van der Waals surface area contributed by atoms with Gasteiger partial charge in [0.2, 0.25) is 0 Å². The number of benzene rings is 1. The topological polar surface area (TPSA) is 29.1 Å². The molecule has 0 heterocycles. The van der Waals surface area contributed by atoms with Gasteiger partial charge in [-0.2, -0.15) is 13.2 Å². The first-order valence-electron chi connectivity index (χ1n) is 6.93. The second kappa shape index (κ2) is 7.82. The molecule has 0 aliphatic heterocycles. The Morgan fingerprint density at radius 3 is 2.57 bits per heavy atom. The van der Waals surface area contributed by atoms with E-state index in [2.05, 4.69) is 28.2 Å². The van der Waals surface area contributed by atoms with E-state index in [0.29, 0.717) is 4.47 Å². The van der Waals surface area contributed by atoms with Crippen molar-refractivity contribution >= 4 is 21.8 Å². The third-order valence-electron chi connectivity index (χ3n) is 3.15. The van der Waals surface area contributed by atoms with Gasteiger partial charge >= 0.3 is 6.18 Å². The fourth-order valence-electron chi connectivity index (χ4n) is 2.02. The van der Waals surface area contributed by atoms with Crippen molar-refractivity contribution in [2.24, 2.45) is 0 Å². The van der Waals surface area contributed by atoms with Crippen molar-refractivity contribution in [3.63, 3.8) is 0 Å². The maximum absolute atomic E-state index is 13.0. The lowest BCUT2D eigenvalue weighted by Gasteiger charge is -2.17. The number of amides is 1. The van der Waals surface area contributed by atoms with Crippen molar-refractivity contribution in [3.8, 4) is 0 Å². The first-order chi connectivity index (χ1) is 9.75. The monoisotopic (exact) mass is 365 g/mol. The van der Waals surface area contributed by atoms with Gasteiger partial charge in [0.05, 0.1) is 11.1 Å². The minimum Gasteiger partial charge on any atom is -0.350 e. The highest BCUT2D eigenvalue weighted by atomic mass is 79.9. The standard InChI is InChI=1S/C15H19BrF3NO/c1-3-4-5-6-10(2)20-14(21)12-8-7-11(16)9-13(12)15(17,18)19/h7-10H,3-6H2,1-2H3,(H,20,21). The van der Waals surface area contributed by atoms with E-state index in [1.165, 1.54) is 12.1 Å². The third kappa shape index (κ3) is 5.69. The number of halogens is 4. The summed E-state index contributed by atoms with van der Waals surface area (Å²) in [4.78, 5) is 12.0. The summed E-state index contributed by atoms with van der Waals surface area (Å²) in [7, 11) is 0. The molecule has 0 aromatic heterocycles. The Morgan fingerprint density at radius 2 is 2.00 bits per heavy atom. The van der Waals surface area contributed by atoms with E-state index in [1.54, 1.807) is 6.92 Å². The quantitative estimate of drug-likeness (QED) is 0.692. The SMILES string of the molecule is CCCCCC(C)NC(=O)c1ccc(Br)cc1C(F)(F)F. The second-order valence-corrected chi connectivity index (χ2v) is 5.97. The first-order valence-corrected chi connectivity index (χ1v) is 7.72. The zero-order valence-electron chi connectivity index (χ0n) is 12.1. The largest absolute Gasteiger partial charge is 0.417 e. The lowest BCUT2D eigenvalue weighted by atomic mass is 10.0. The molecule has 0 saturated heterocycles. The van der Waals surface area contributed by atoms with Gasteiger partial charge in [0.15, 0.2) is 0 Å².